The molecule has 0 N–H and O–H groups in total. The van der Waals surface area contributed by atoms with E-state index in [1.165, 1.54) is 19.4 Å². The van der Waals surface area contributed by atoms with Crippen molar-refractivity contribution in [1.29, 1.82) is 0 Å². The second kappa shape index (κ2) is 5.21. The number of ether oxygens (including phenoxy) is 2. The molecule has 0 amide bonds. The molecule has 19 heavy (non-hydrogen) atoms. The van der Waals surface area contributed by atoms with Crippen LogP contribution in [0.5, 0.6) is 0 Å². The van der Waals surface area contributed by atoms with E-state index in [2.05, 4.69) is 30.5 Å². The summed E-state index contributed by atoms with van der Waals surface area (Å²) in [6.07, 6.45) is 8.00. The van der Waals surface area contributed by atoms with Crippen LogP contribution < -0.4 is 0 Å². The quantitative estimate of drug-likeness (QED) is 0.586. The van der Waals surface area contributed by atoms with Gasteiger partial charge in [0, 0.05) is 12.2 Å². The summed E-state index contributed by atoms with van der Waals surface area (Å²) in [6.45, 7) is 13.3. The highest BCUT2D eigenvalue weighted by atomic mass is 28.3. The molecule has 2 aliphatic heterocycles. The second-order valence-electron chi connectivity index (χ2n) is 7.28. The van der Waals surface area contributed by atoms with Crippen LogP contribution in [0.4, 0.5) is 0 Å². The van der Waals surface area contributed by atoms with Gasteiger partial charge in [0.15, 0.2) is 5.79 Å². The number of rotatable bonds is 3. The van der Waals surface area contributed by atoms with Crippen molar-refractivity contribution >= 4 is 8.07 Å². The molecule has 2 fully saturated rings. The molecule has 1 unspecified atom stereocenters. The van der Waals surface area contributed by atoms with Gasteiger partial charge in [0.25, 0.3) is 0 Å². The Balaban J connectivity index is 2.03. The minimum Gasteiger partial charge on any atom is -0.342 e. The second-order valence-corrected chi connectivity index (χ2v) is 12.7. The molecule has 2 heterocycles. The van der Waals surface area contributed by atoms with Crippen LogP contribution in [0.15, 0.2) is 0 Å². The third-order valence-corrected chi connectivity index (χ3v) is 6.78. The fourth-order valence-corrected chi connectivity index (χ4v) is 5.77. The topological polar surface area (TPSA) is 21.7 Å². The van der Waals surface area contributed by atoms with E-state index in [4.69, 9.17) is 15.9 Å². The SMILES string of the molecule is C#C[C@@H]1OC(C)(C)O[C@@H]1CN1CCCC1[Si](C)(C)C. The van der Waals surface area contributed by atoms with E-state index < -0.39 is 13.9 Å². The Hall–Kier alpha value is -0.343. The van der Waals surface area contributed by atoms with Crippen molar-refractivity contribution in [1.82, 2.24) is 4.90 Å². The third-order valence-electron chi connectivity index (χ3n) is 4.13. The lowest BCUT2D eigenvalue weighted by molar-refractivity contribution is -0.144. The van der Waals surface area contributed by atoms with E-state index in [0.717, 1.165) is 12.2 Å². The number of hydrogen-bond acceptors (Lipinski definition) is 3. The number of terminal acetylenes is 1. The van der Waals surface area contributed by atoms with Crippen molar-refractivity contribution in [3.8, 4) is 12.3 Å². The molecular weight excluding hydrogens is 254 g/mol. The first-order valence-corrected chi connectivity index (χ1v) is 10.9. The summed E-state index contributed by atoms with van der Waals surface area (Å²) in [5.41, 5.74) is 0.748. The lowest BCUT2D eigenvalue weighted by Gasteiger charge is -2.35. The Morgan fingerprint density at radius 2 is 2.00 bits per heavy atom. The zero-order valence-corrected chi connectivity index (χ0v) is 13.9. The van der Waals surface area contributed by atoms with E-state index in [-0.39, 0.29) is 12.2 Å². The molecule has 3 nitrogen and oxygen atoms in total. The molecule has 2 rings (SSSR count). The van der Waals surface area contributed by atoms with Gasteiger partial charge in [-0.05, 0) is 33.2 Å². The summed E-state index contributed by atoms with van der Waals surface area (Å²) in [4.78, 5) is 2.59. The third kappa shape index (κ3) is 3.40. The molecule has 2 aliphatic rings. The van der Waals surface area contributed by atoms with Crippen molar-refractivity contribution < 1.29 is 9.47 Å². The van der Waals surface area contributed by atoms with Gasteiger partial charge in [0.1, 0.15) is 12.2 Å². The van der Waals surface area contributed by atoms with Crippen molar-refractivity contribution in [2.45, 2.75) is 70.0 Å². The van der Waals surface area contributed by atoms with Crippen LogP contribution in [0.2, 0.25) is 19.6 Å². The highest BCUT2D eigenvalue weighted by Gasteiger charge is 2.44. The molecule has 2 saturated heterocycles. The van der Waals surface area contributed by atoms with Gasteiger partial charge in [-0.15, -0.1) is 6.42 Å². The van der Waals surface area contributed by atoms with Gasteiger partial charge in [-0.2, -0.15) is 0 Å². The first-order valence-electron chi connectivity index (χ1n) is 7.29. The minimum absolute atomic E-state index is 0.0111. The maximum Gasteiger partial charge on any atom is 0.165 e. The molecule has 0 saturated carbocycles. The summed E-state index contributed by atoms with van der Waals surface area (Å²) in [5.74, 6) is 2.19. The Labute approximate surface area is 118 Å². The molecule has 0 radical (unpaired) electrons. The largest absolute Gasteiger partial charge is 0.342 e. The van der Waals surface area contributed by atoms with Crippen molar-refractivity contribution in [3.63, 3.8) is 0 Å². The maximum atomic E-state index is 5.98. The highest BCUT2D eigenvalue weighted by Crippen LogP contribution is 2.32. The lowest BCUT2D eigenvalue weighted by Crippen LogP contribution is -2.50. The fourth-order valence-electron chi connectivity index (χ4n) is 3.37. The van der Waals surface area contributed by atoms with Crippen molar-refractivity contribution in [3.05, 3.63) is 0 Å². The number of hydrogen-bond donors (Lipinski definition) is 0. The Morgan fingerprint density at radius 3 is 2.58 bits per heavy atom. The van der Waals surface area contributed by atoms with Gasteiger partial charge < -0.3 is 14.4 Å². The van der Waals surface area contributed by atoms with Crippen LogP contribution in [0.1, 0.15) is 26.7 Å². The van der Waals surface area contributed by atoms with Crippen LogP contribution in [0, 0.1) is 12.3 Å². The summed E-state index contributed by atoms with van der Waals surface area (Å²) in [7, 11) is -1.15. The average molecular weight is 281 g/mol. The summed E-state index contributed by atoms with van der Waals surface area (Å²) >= 11 is 0. The molecule has 3 atom stereocenters. The van der Waals surface area contributed by atoms with Crippen LogP contribution in [-0.4, -0.2) is 49.7 Å². The normalized spacial score (nSPS) is 35.5. The van der Waals surface area contributed by atoms with Gasteiger partial charge in [-0.25, -0.2) is 0 Å². The first kappa shape index (κ1) is 15.1. The van der Waals surface area contributed by atoms with E-state index in [9.17, 15) is 0 Å². The predicted octanol–water partition coefficient (Wildman–Crippen LogP) is 2.48. The van der Waals surface area contributed by atoms with Gasteiger partial charge in [0.2, 0.25) is 0 Å². The first-order chi connectivity index (χ1) is 8.73. The highest BCUT2D eigenvalue weighted by molar-refractivity contribution is 6.77. The Kier molecular flexibility index (Phi) is 4.13. The molecule has 0 spiro atoms. The molecule has 0 aromatic rings. The minimum atomic E-state index is -1.15. The van der Waals surface area contributed by atoms with E-state index in [1.807, 2.05) is 13.8 Å². The summed E-state index contributed by atoms with van der Waals surface area (Å²) < 4.78 is 11.8. The number of nitrogens with zero attached hydrogens (tertiary/aromatic N) is 1. The van der Waals surface area contributed by atoms with Gasteiger partial charge in [-0.3, -0.25) is 0 Å². The van der Waals surface area contributed by atoms with Crippen molar-refractivity contribution in [2.24, 2.45) is 0 Å². The smallest absolute Gasteiger partial charge is 0.165 e. The monoisotopic (exact) mass is 281 g/mol. The lowest BCUT2D eigenvalue weighted by atomic mass is 10.2. The van der Waals surface area contributed by atoms with Gasteiger partial charge >= 0.3 is 0 Å². The van der Waals surface area contributed by atoms with Gasteiger partial charge in [0.05, 0.1) is 8.07 Å². The van der Waals surface area contributed by atoms with Crippen LogP contribution in [-0.2, 0) is 9.47 Å². The zero-order valence-electron chi connectivity index (χ0n) is 12.9. The molecule has 0 aromatic carbocycles. The molecule has 108 valence electrons. The standard InChI is InChI=1S/C15H27NO2Si/c1-7-12-13(18-15(2,3)17-12)11-16-10-8-9-14(16)19(4,5)6/h1,12-14H,8-11H2,2-6H3/t12-,13+,14?/m0/s1. The molecule has 0 aromatic heterocycles. The fraction of sp³-hybridized carbons (Fsp3) is 0.867. The van der Waals surface area contributed by atoms with Crippen LogP contribution in [0.3, 0.4) is 0 Å². The van der Waals surface area contributed by atoms with Crippen LogP contribution >= 0.6 is 0 Å². The summed E-state index contributed by atoms with van der Waals surface area (Å²) in [6, 6.07) is 0. The van der Waals surface area contributed by atoms with Crippen molar-refractivity contribution in [2.75, 3.05) is 13.1 Å². The number of likely N-dealkylation sites (tertiary alicyclic amines) is 1. The average Bonchev–Trinajstić information content (AvgIpc) is 2.82. The van der Waals surface area contributed by atoms with E-state index in [0.29, 0.717) is 0 Å². The predicted molar refractivity (Wildman–Crippen MR) is 80.6 cm³/mol. The summed E-state index contributed by atoms with van der Waals surface area (Å²) in [5, 5.41) is 0. The van der Waals surface area contributed by atoms with Gasteiger partial charge in [-0.1, -0.05) is 25.6 Å². The molecule has 0 aliphatic carbocycles. The Bertz CT molecular complexity index is 369. The van der Waals surface area contributed by atoms with E-state index in [1.54, 1.807) is 0 Å². The Morgan fingerprint density at radius 1 is 1.32 bits per heavy atom. The molecule has 0 bridgehead atoms. The van der Waals surface area contributed by atoms with Crippen LogP contribution in [0.25, 0.3) is 0 Å². The molecule has 4 heteroatoms. The zero-order chi connectivity index (χ0) is 14.3. The molecular formula is C15H27NO2Si. The maximum absolute atomic E-state index is 5.98. The van der Waals surface area contributed by atoms with E-state index >= 15 is 0 Å².